The van der Waals surface area contributed by atoms with Crippen LogP contribution in [0.25, 0.3) is 0 Å². The molecule has 108 valence electrons. The first kappa shape index (κ1) is 14.5. The zero-order valence-corrected chi connectivity index (χ0v) is 12.1. The van der Waals surface area contributed by atoms with Gasteiger partial charge in [0.15, 0.2) is 0 Å². The van der Waals surface area contributed by atoms with Crippen LogP contribution >= 0.6 is 0 Å². The van der Waals surface area contributed by atoms with Crippen molar-refractivity contribution in [2.45, 2.75) is 64.1 Å². The summed E-state index contributed by atoms with van der Waals surface area (Å²) in [5.74, 6) is 5.83. The van der Waals surface area contributed by atoms with E-state index in [1.165, 1.54) is 19.3 Å². The van der Waals surface area contributed by atoms with Crippen LogP contribution in [0.4, 0.5) is 0 Å². The van der Waals surface area contributed by atoms with Crippen molar-refractivity contribution in [2.75, 3.05) is 6.61 Å². The topological polar surface area (TPSA) is 65.1 Å². The Morgan fingerprint density at radius 2 is 2.16 bits per heavy atom. The third-order valence-electron chi connectivity index (χ3n) is 4.14. The van der Waals surface area contributed by atoms with E-state index in [2.05, 4.69) is 30.6 Å². The minimum absolute atomic E-state index is 0.0213. The van der Waals surface area contributed by atoms with Crippen molar-refractivity contribution in [3.8, 4) is 0 Å². The van der Waals surface area contributed by atoms with Crippen molar-refractivity contribution in [2.24, 2.45) is 5.84 Å². The van der Waals surface area contributed by atoms with Crippen molar-refractivity contribution < 1.29 is 4.74 Å². The van der Waals surface area contributed by atoms with Gasteiger partial charge in [-0.05, 0) is 26.7 Å². The van der Waals surface area contributed by atoms with E-state index in [4.69, 9.17) is 10.6 Å². The average Bonchev–Trinajstić information content (AvgIpc) is 2.89. The Balaban J connectivity index is 2.25. The van der Waals surface area contributed by atoms with E-state index in [0.29, 0.717) is 0 Å². The van der Waals surface area contributed by atoms with E-state index < -0.39 is 0 Å². The van der Waals surface area contributed by atoms with Gasteiger partial charge >= 0.3 is 0 Å². The molecule has 19 heavy (non-hydrogen) atoms. The van der Waals surface area contributed by atoms with Gasteiger partial charge in [-0.15, -0.1) is 0 Å². The summed E-state index contributed by atoms with van der Waals surface area (Å²) >= 11 is 0. The molecule has 0 saturated heterocycles. The van der Waals surface area contributed by atoms with Crippen LogP contribution in [0.3, 0.4) is 0 Å². The molecule has 1 aliphatic rings. The first-order chi connectivity index (χ1) is 9.25. The number of nitrogens with two attached hydrogens (primary N) is 1. The Labute approximate surface area is 115 Å². The monoisotopic (exact) mass is 266 g/mol. The lowest BCUT2D eigenvalue weighted by molar-refractivity contribution is -0.0913. The van der Waals surface area contributed by atoms with E-state index in [1.807, 2.05) is 10.9 Å². The summed E-state index contributed by atoms with van der Waals surface area (Å²) in [6, 6.07) is 0.0213. The molecule has 3 N–H and O–H groups in total. The summed E-state index contributed by atoms with van der Waals surface area (Å²) in [6.45, 7) is 5.74. The second-order valence-corrected chi connectivity index (χ2v) is 5.29. The maximum Gasteiger partial charge on any atom is 0.0890 e. The molecule has 2 rings (SSSR count). The molecule has 1 aromatic heterocycles. The summed E-state index contributed by atoms with van der Waals surface area (Å²) in [4.78, 5) is 0. The molecule has 0 aliphatic heterocycles. The molecule has 1 fully saturated rings. The Morgan fingerprint density at radius 1 is 1.42 bits per heavy atom. The second-order valence-electron chi connectivity index (χ2n) is 5.29. The van der Waals surface area contributed by atoms with Crippen LogP contribution in [0.5, 0.6) is 0 Å². The predicted molar refractivity (Wildman–Crippen MR) is 75.4 cm³/mol. The molecule has 1 heterocycles. The normalized spacial score (nSPS) is 20.4. The number of aromatic nitrogens is 2. The van der Waals surface area contributed by atoms with Gasteiger partial charge in [-0.3, -0.25) is 10.5 Å². The Hall–Kier alpha value is -0.910. The fraction of sp³-hybridized carbons (Fsp3) is 0.786. The third-order valence-corrected chi connectivity index (χ3v) is 4.14. The largest absolute Gasteiger partial charge is 0.373 e. The maximum absolute atomic E-state index is 6.14. The highest BCUT2D eigenvalue weighted by atomic mass is 16.5. The molecule has 0 aromatic carbocycles. The molecular formula is C14H26N4O. The Kier molecular flexibility index (Phi) is 4.96. The van der Waals surface area contributed by atoms with Crippen molar-refractivity contribution in [1.82, 2.24) is 15.2 Å². The fourth-order valence-corrected chi connectivity index (χ4v) is 3.21. The lowest BCUT2D eigenvalue weighted by atomic mass is 9.77. The summed E-state index contributed by atoms with van der Waals surface area (Å²) in [7, 11) is 0. The molecule has 0 spiro atoms. The molecule has 1 aliphatic carbocycles. The molecule has 1 saturated carbocycles. The lowest BCUT2D eigenvalue weighted by Crippen LogP contribution is -2.49. The van der Waals surface area contributed by atoms with E-state index in [-0.39, 0.29) is 11.6 Å². The second kappa shape index (κ2) is 6.50. The van der Waals surface area contributed by atoms with Crippen LogP contribution in [-0.2, 0) is 11.3 Å². The van der Waals surface area contributed by atoms with Crippen molar-refractivity contribution >= 4 is 0 Å². The Bertz CT molecular complexity index is 379. The van der Waals surface area contributed by atoms with Gasteiger partial charge in [0.2, 0.25) is 0 Å². The number of aryl methyl sites for hydroxylation is 1. The highest BCUT2D eigenvalue weighted by Crippen LogP contribution is 2.41. The van der Waals surface area contributed by atoms with Crippen LogP contribution in [-0.4, -0.2) is 22.0 Å². The molecule has 1 aromatic rings. The summed E-state index contributed by atoms with van der Waals surface area (Å²) < 4.78 is 8.07. The zero-order valence-electron chi connectivity index (χ0n) is 12.1. The van der Waals surface area contributed by atoms with Crippen LogP contribution in [0.1, 0.15) is 57.6 Å². The molecule has 0 radical (unpaired) electrons. The number of rotatable bonds is 6. The predicted octanol–water partition coefficient (Wildman–Crippen LogP) is 2.15. The van der Waals surface area contributed by atoms with Gasteiger partial charge in [0, 0.05) is 24.9 Å². The van der Waals surface area contributed by atoms with Crippen molar-refractivity contribution in [3.63, 3.8) is 0 Å². The first-order valence-corrected chi connectivity index (χ1v) is 7.38. The lowest BCUT2D eigenvalue weighted by Gasteiger charge is -2.42. The standard InChI is InChI=1S/C14H26N4O/c1-3-18-11-12(10-16-18)13(17-15)14(19-4-2)8-6-5-7-9-14/h10-11,13,17H,3-9,15H2,1-2H3. The van der Waals surface area contributed by atoms with Gasteiger partial charge in [0.1, 0.15) is 0 Å². The van der Waals surface area contributed by atoms with Crippen molar-refractivity contribution in [1.29, 1.82) is 0 Å². The van der Waals surface area contributed by atoms with Gasteiger partial charge in [-0.2, -0.15) is 5.10 Å². The van der Waals surface area contributed by atoms with E-state index in [1.54, 1.807) is 0 Å². The maximum atomic E-state index is 6.14. The molecular weight excluding hydrogens is 240 g/mol. The van der Waals surface area contributed by atoms with Gasteiger partial charge in [-0.1, -0.05) is 19.3 Å². The molecule has 0 amide bonds. The van der Waals surface area contributed by atoms with E-state index in [0.717, 1.165) is 31.6 Å². The summed E-state index contributed by atoms with van der Waals surface area (Å²) in [5.41, 5.74) is 3.92. The molecule has 1 atom stereocenters. The van der Waals surface area contributed by atoms with Gasteiger partial charge in [0.05, 0.1) is 17.8 Å². The zero-order chi connectivity index (χ0) is 13.7. The third kappa shape index (κ3) is 2.99. The van der Waals surface area contributed by atoms with Crippen LogP contribution in [0.2, 0.25) is 0 Å². The number of hydrogen-bond donors (Lipinski definition) is 2. The minimum Gasteiger partial charge on any atom is -0.373 e. The highest BCUT2D eigenvalue weighted by molar-refractivity contribution is 5.16. The molecule has 5 heteroatoms. The number of hydrazine groups is 1. The average molecular weight is 266 g/mol. The summed E-state index contributed by atoms with van der Waals surface area (Å²) in [6.07, 6.45) is 9.81. The SMILES string of the molecule is CCOC1(C(NN)c2cnn(CC)c2)CCCCC1. The number of nitrogens with one attached hydrogen (secondary N) is 1. The van der Waals surface area contributed by atoms with Crippen LogP contribution in [0.15, 0.2) is 12.4 Å². The van der Waals surface area contributed by atoms with Gasteiger partial charge in [-0.25, -0.2) is 5.43 Å². The van der Waals surface area contributed by atoms with E-state index >= 15 is 0 Å². The van der Waals surface area contributed by atoms with Gasteiger partial charge < -0.3 is 4.74 Å². The van der Waals surface area contributed by atoms with Crippen LogP contribution in [0, 0.1) is 0 Å². The fourth-order valence-electron chi connectivity index (χ4n) is 3.21. The molecule has 1 unspecified atom stereocenters. The van der Waals surface area contributed by atoms with Crippen molar-refractivity contribution in [3.05, 3.63) is 18.0 Å². The molecule has 5 nitrogen and oxygen atoms in total. The Morgan fingerprint density at radius 3 is 2.68 bits per heavy atom. The smallest absolute Gasteiger partial charge is 0.0890 e. The minimum atomic E-state index is -0.177. The number of hydrogen-bond acceptors (Lipinski definition) is 4. The molecule has 0 bridgehead atoms. The number of nitrogens with zero attached hydrogens (tertiary/aromatic N) is 2. The first-order valence-electron chi connectivity index (χ1n) is 7.38. The van der Waals surface area contributed by atoms with Crippen LogP contribution < -0.4 is 11.3 Å². The number of ether oxygens (including phenoxy) is 1. The quantitative estimate of drug-likeness (QED) is 0.611. The summed E-state index contributed by atoms with van der Waals surface area (Å²) in [5, 5.41) is 4.36. The van der Waals surface area contributed by atoms with Gasteiger partial charge in [0.25, 0.3) is 0 Å². The highest BCUT2D eigenvalue weighted by Gasteiger charge is 2.41. The van der Waals surface area contributed by atoms with E-state index in [9.17, 15) is 0 Å².